The molecule has 2 aromatic rings. The van der Waals surface area contributed by atoms with Crippen LogP contribution in [0.2, 0.25) is 0 Å². The van der Waals surface area contributed by atoms with Crippen molar-refractivity contribution < 1.29 is 17.6 Å². The van der Waals surface area contributed by atoms with Gasteiger partial charge >= 0.3 is 0 Å². The standard InChI is InChI=1S/C23H25FN2O3S/c24-20-3-1-2-4-21(20)26-30(28,29)19-7-5-18(6-8-19)22(27)25-23-12-15-9-16(13-23)11-17(10-15)14-23/h1-8,15-17,26H,9-14H2,(H,25,27). The van der Waals surface area contributed by atoms with E-state index in [4.69, 9.17) is 0 Å². The van der Waals surface area contributed by atoms with Gasteiger partial charge in [0.15, 0.2) is 0 Å². The topological polar surface area (TPSA) is 75.3 Å². The van der Waals surface area contributed by atoms with Gasteiger partial charge in [0.05, 0.1) is 10.6 Å². The molecular weight excluding hydrogens is 403 g/mol. The van der Waals surface area contributed by atoms with Crippen LogP contribution in [0.5, 0.6) is 0 Å². The first-order valence-corrected chi connectivity index (χ1v) is 12.0. The van der Waals surface area contributed by atoms with E-state index < -0.39 is 15.8 Å². The third-order valence-corrected chi connectivity index (χ3v) is 8.34. The molecule has 2 aromatic carbocycles. The quantitative estimate of drug-likeness (QED) is 0.745. The third-order valence-electron chi connectivity index (χ3n) is 6.96. The Morgan fingerprint density at radius 1 is 0.900 bits per heavy atom. The number of halogens is 1. The van der Waals surface area contributed by atoms with E-state index in [9.17, 15) is 17.6 Å². The lowest BCUT2D eigenvalue weighted by atomic mass is 9.53. The molecule has 0 aromatic heterocycles. The van der Waals surface area contributed by atoms with Crippen molar-refractivity contribution in [1.29, 1.82) is 0 Å². The molecule has 1 amide bonds. The number of carbonyl (C=O) groups is 1. The van der Waals surface area contributed by atoms with E-state index in [0.717, 1.165) is 37.0 Å². The number of carbonyl (C=O) groups excluding carboxylic acids is 1. The van der Waals surface area contributed by atoms with Crippen molar-refractivity contribution >= 4 is 21.6 Å². The second-order valence-electron chi connectivity index (χ2n) is 9.26. The highest BCUT2D eigenvalue weighted by Gasteiger charge is 2.51. The average molecular weight is 429 g/mol. The number of para-hydroxylation sites is 1. The van der Waals surface area contributed by atoms with Crippen molar-refractivity contribution in [3.05, 3.63) is 59.9 Å². The highest BCUT2D eigenvalue weighted by molar-refractivity contribution is 7.92. The largest absolute Gasteiger partial charge is 0.347 e. The summed E-state index contributed by atoms with van der Waals surface area (Å²) < 4.78 is 41.1. The minimum atomic E-state index is -3.94. The molecule has 4 aliphatic carbocycles. The van der Waals surface area contributed by atoms with Gasteiger partial charge in [-0.2, -0.15) is 0 Å². The van der Waals surface area contributed by atoms with Gasteiger partial charge in [0, 0.05) is 11.1 Å². The molecule has 0 atom stereocenters. The Morgan fingerprint density at radius 2 is 1.47 bits per heavy atom. The predicted octanol–water partition coefficient (Wildman–Crippen LogP) is 4.33. The first kappa shape index (κ1) is 19.5. The molecule has 4 fully saturated rings. The van der Waals surface area contributed by atoms with Crippen LogP contribution < -0.4 is 10.0 Å². The highest BCUT2D eigenvalue weighted by Crippen LogP contribution is 2.55. The van der Waals surface area contributed by atoms with Gasteiger partial charge in [-0.25, -0.2) is 12.8 Å². The van der Waals surface area contributed by atoms with Crippen LogP contribution in [0.25, 0.3) is 0 Å². The molecule has 5 nitrogen and oxygen atoms in total. The van der Waals surface area contributed by atoms with Crippen molar-refractivity contribution in [2.45, 2.75) is 49.0 Å². The SMILES string of the molecule is O=C(NC12CC3CC(CC(C3)C1)C2)c1ccc(S(=O)(=O)Nc2ccccc2F)cc1. The summed E-state index contributed by atoms with van der Waals surface area (Å²) in [6, 6.07) is 11.4. The normalized spacial score (nSPS) is 29.6. The summed E-state index contributed by atoms with van der Waals surface area (Å²) >= 11 is 0. The molecule has 2 N–H and O–H groups in total. The summed E-state index contributed by atoms with van der Waals surface area (Å²) in [5.41, 5.74) is 0.236. The summed E-state index contributed by atoms with van der Waals surface area (Å²) in [5.74, 6) is 1.39. The third kappa shape index (κ3) is 3.60. The van der Waals surface area contributed by atoms with Crippen molar-refractivity contribution in [2.24, 2.45) is 17.8 Å². The first-order chi connectivity index (χ1) is 14.3. The van der Waals surface area contributed by atoms with Gasteiger partial charge in [0.1, 0.15) is 5.82 Å². The fourth-order valence-electron chi connectivity index (χ4n) is 6.11. The number of hydrogen-bond donors (Lipinski definition) is 2. The minimum Gasteiger partial charge on any atom is -0.347 e. The van der Waals surface area contributed by atoms with Crippen LogP contribution in [0.4, 0.5) is 10.1 Å². The van der Waals surface area contributed by atoms with Crippen LogP contribution >= 0.6 is 0 Å². The van der Waals surface area contributed by atoms with Crippen LogP contribution in [0, 0.1) is 23.6 Å². The van der Waals surface area contributed by atoms with Crippen molar-refractivity contribution in [1.82, 2.24) is 5.32 Å². The van der Waals surface area contributed by atoms with Gasteiger partial charge < -0.3 is 5.32 Å². The lowest BCUT2D eigenvalue weighted by Gasteiger charge is -2.56. The Balaban J connectivity index is 1.30. The Bertz CT molecular complexity index is 1050. The molecule has 0 spiro atoms. The predicted molar refractivity (Wildman–Crippen MR) is 112 cm³/mol. The summed E-state index contributed by atoms with van der Waals surface area (Å²) in [5, 5.41) is 3.29. The lowest BCUT2D eigenvalue weighted by Crippen LogP contribution is -2.59. The van der Waals surface area contributed by atoms with Gasteiger partial charge in [0.25, 0.3) is 15.9 Å². The Labute approximate surface area is 176 Å². The van der Waals surface area contributed by atoms with Crippen LogP contribution in [-0.4, -0.2) is 19.9 Å². The molecule has 30 heavy (non-hydrogen) atoms. The van der Waals surface area contributed by atoms with Gasteiger partial charge in [-0.1, -0.05) is 12.1 Å². The zero-order valence-corrected chi connectivity index (χ0v) is 17.4. The number of benzene rings is 2. The molecule has 0 saturated heterocycles. The summed E-state index contributed by atoms with van der Waals surface area (Å²) in [7, 11) is -3.94. The van der Waals surface area contributed by atoms with E-state index in [2.05, 4.69) is 10.0 Å². The van der Waals surface area contributed by atoms with E-state index in [1.807, 2.05) is 0 Å². The van der Waals surface area contributed by atoms with Gasteiger partial charge in [-0.05, 0) is 92.7 Å². The molecule has 0 aliphatic heterocycles. The number of rotatable bonds is 5. The van der Waals surface area contributed by atoms with E-state index >= 15 is 0 Å². The van der Waals surface area contributed by atoms with E-state index in [1.165, 1.54) is 61.7 Å². The second kappa shape index (κ2) is 7.08. The zero-order valence-electron chi connectivity index (χ0n) is 16.6. The fourth-order valence-corrected chi connectivity index (χ4v) is 7.18. The highest BCUT2D eigenvalue weighted by atomic mass is 32.2. The molecule has 158 valence electrons. The van der Waals surface area contributed by atoms with Crippen LogP contribution in [0.3, 0.4) is 0 Å². The monoisotopic (exact) mass is 428 g/mol. The first-order valence-electron chi connectivity index (χ1n) is 10.5. The van der Waals surface area contributed by atoms with Crippen LogP contribution in [0.1, 0.15) is 48.9 Å². The van der Waals surface area contributed by atoms with Crippen molar-refractivity contribution in [3.63, 3.8) is 0 Å². The number of sulfonamides is 1. The summed E-state index contributed by atoms with van der Waals surface area (Å²) in [6.07, 6.45) is 7.08. The fraction of sp³-hybridized carbons (Fsp3) is 0.435. The maximum Gasteiger partial charge on any atom is 0.261 e. The zero-order chi connectivity index (χ0) is 20.9. The molecule has 4 saturated carbocycles. The van der Waals surface area contributed by atoms with Gasteiger partial charge in [0.2, 0.25) is 0 Å². The maximum atomic E-state index is 13.8. The molecule has 0 unspecified atom stereocenters. The number of anilines is 1. The van der Waals surface area contributed by atoms with Gasteiger partial charge in [-0.15, -0.1) is 0 Å². The molecule has 6 rings (SSSR count). The summed E-state index contributed by atoms with van der Waals surface area (Å²) in [4.78, 5) is 12.9. The van der Waals surface area contributed by atoms with E-state index in [1.54, 1.807) is 6.07 Å². The van der Waals surface area contributed by atoms with Crippen molar-refractivity contribution in [2.75, 3.05) is 4.72 Å². The molecule has 4 bridgehead atoms. The van der Waals surface area contributed by atoms with E-state index in [-0.39, 0.29) is 22.0 Å². The van der Waals surface area contributed by atoms with Crippen LogP contribution in [0.15, 0.2) is 53.4 Å². The second-order valence-corrected chi connectivity index (χ2v) is 10.9. The number of nitrogens with one attached hydrogen (secondary N) is 2. The Hall–Kier alpha value is -2.41. The molecule has 0 heterocycles. The molecular formula is C23H25FN2O3S. The van der Waals surface area contributed by atoms with E-state index in [0.29, 0.717) is 5.56 Å². The maximum absolute atomic E-state index is 13.8. The lowest BCUT2D eigenvalue weighted by molar-refractivity contribution is -0.0167. The number of hydrogen-bond acceptors (Lipinski definition) is 3. The number of amides is 1. The Kier molecular flexibility index (Phi) is 4.61. The van der Waals surface area contributed by atoms with Crippen LogP contribution in [-0.2, 0) is 10.0 Å². The smallest absolute Gasteiger partial charge is 0.261 e. The summed E-state index contributed by atoms with van der Waals surface area (Å²) in [6.45, 7) is 0. The molecule has 7 heteroatoms. The van der Waals surface area contributed by atoms with Crippen molar-refractivity contribution in [3.8, 4) is 0 Å². The minimum absolute atomic E-state index is 0.0166. The molecule has 4 aliphatic rings. The average Bonchev–Trinajstić information content (AvgIpc) is 2.68. The Morgan fingerprint density at radius 3 is 2.03 bits per heavy atom. The molecule has 0 radical (unpaired) electrons. The van der Waals surface area contributed by atoms with Gasteiger partial charge in [-0.3, -0.25) is 9.52 Å².